The van der Waals surface area contributed by atoms with Gasteiger partial charge in [0, 0.05) is 36.7 Å². The SMILES string of the molecule is N#Cc1cnc(NCc2ccccc2Cl)nc1NCC12CC3C[C@H](C1)C(NC1CCN(CCF)CC1)[C@@H](C3)C2. The smallest absolute Gasteiger partial charge is 0.224 e. The Morgan fingerprint density at radius 2 is 1.87 bits per heavy atom. The Bertz CT molecular complexity index is 1180. The van der Waals surface area contributed by atoms with Gasteiger partial charge >= 0.3 is 0 Å². The molecule has 5 atom stereocenters. The molecule has 3 unspecified atom stereocenters. The van der Waals surface area contributed by atoms with Crippen molar-refractivity contribution in [1.29, 1.82) is 5.26 Å². The third-order valence-corrected chi connectivity index (χ3v) is 10.1. The van der Waals surface area contributed by atoms with E-state index in [0.717, 1.165) is 55.8 Å². The Labute approximate surface area is 235 Å². The molecule has 2 aromatic rings. The fourth-order valence-electron chi connectivity index (χ4n) is 8.17. The maximum Gasteiger partial charge on any atom is 0.224 e. The van der Waals surface area contributed by atoms with Crippen molar-refractivity contribution in [3.63, 3.8) is 0 Å². The second-order valence-electron chi connectivity index (χ2n) is 12.3. The van der Waals surface area contributed by atoms with E-state index in [-0.39, 0.29) is 12.1 Å². The number of nitrogens with one attached hydrogen (secondary N) is 3. The number of piperidine rings is 1. The van der Waals surface area contributed by atoms with Gasteiger partial charge in [0.15, 0.2) is 0 Å². The lowest BCUT2D eigenvalue weighted by Crippen LogP contribution is -2.61. The first-order chi connectivity index (χ1) is 19.0. The Morgan fingerprint density at radius 3 is 2.59 bits per heavy atom. The quantitative estimate of drug-likeness (QED) is 0.372. The zero-order chi connectivity index (χ0) is 26.8. The number of nitriles is 1. The summed E-state index contributed by atoms with van der Waals surface area (Å²) < 4.78 is 12.7. The summed E-state index contributed by atoms with van der Waals surface area (Å²) in [5.74, 6) is 3.34. The van der Waals surface area contributed by atoms with Crippen LogP contribution in [0.5, 0.6) is 0 Å². The molecule has 0 radical (unpaired) electrons. The minimum Gasteiger partial charge on any atom is -0.368 e. The van der Waals surface area contributed by atoms with Crippen molar-refractivity contribution < 1.29 is 4.39 Å². The zero-order valence-electron chi connectivity index (χ0n) is 22.5. The summed E-state index contributed by atoms with van der Waals surface area (Å²) in [6.07, 6.45) is 10.3. The number of alkyl halides is 1. The molecule has 0 amide bonds. The number of rotatable bonds is 10. The summed E-state index contributed by atoms with van der Waals surface area (Å²) in [5, 5.41) is 21.3. The molecule has 4 aliphatic carbocycles. The molecule has 7 nitrogen and oxygen atoms in total. The molecule has 1 saturated heterocycles. The number of benzene rings is 1. The lowest BCUT2D eigenvalue weighted by Gasteiger charge is -2.61. The third kappa shape index (κ3) is 5.86. The van der Waals surface area contributed by atoms with Crippen molar-refractivity contribution in [1.82, 2.24) is 20.2 Å². The van der Waals surface area contributed by atoms with E-state index in [4.69, 9.17) is 11.6 Å². The highest BCUT2D eigenvalue weighted by molar-refractivity contribution is 6.31. The topological polar surface area (TPSA) is 88.9 Å². The van der Waals surface area contributed by atoms with Gasteiger partial charge in [-0.05, 0) is 92.8 Å². The van der Waals surface area contributed by atoms with Crippen molar-refractivity contribution in [2.45, 2.75) is 63.6 Å². The number of aromatic nitrogens is 2. The molecule has 208 valence electrons. The van der Waals surface area contributed by atoms with Gasteiger partial charge < -0.3 is 20.9 Å². The summed E-state index contributed by atoms with van der Waals surface area (Å²) in [6, 6.07) is 11.1. The van der Waals surface area contributed by atoms with Crippen LogP contribution >= 0.6 is 11.6 Å². The number of anilines is 2. The minimum absolute atomic E-state index is 0.242. The van der Waals surface area contributed by atoms with E-state index in [1.807, 2.05) is 24.3 Å². The van der Waals surface area contributed by atoms with Crippen LogP contribution in [0.15, 0.2) is 30.5 Å². The summed E-state index contributed by atoms with van der Waals surface area (Å²) in [4.78, 5) is 11.3. The molecule has 1 aromatic heterocycles. The van der Waals surface area contributed by atoms with E-state index in [9.17, 15) is 9.65 Å². The molecule has 5 fully saturated rings. The van der Waals surface area contributed by atoms with E-state index in [1.165, 1.54) is 32.1 Å². The molecule has 2 heterocycles. The first-order valence-electron chi connectivity index (χ1n) is 14.6. The van der Waals surface area contributed by atoms with E-state index in [2.05, 4.69) is 36.9 Å². The molecule has 9 heteroatoms. The number of halogens is 2. The van der Waals surface area contributed by atoms with Gasteiger partial charge in [0.25, 0.3) is 0 Å². The van der Waals surface area contributed by atoms with Crippen molar-refractivity contribution in [2.75, 3.05) is 43.5 Å². The van der Waals surface area contributed by atoms with Crippen LogP contribution in [0.1, 0.15) is 56.1 Å². The number of hydrogen-bond donors (Lipinski definition) is 3. The molecular formula is C30H39ClFN7. The maximum atomic E-state index is 12.7. The van der Waals surface area contributed by atoms with E-state index >= 15 is 0 Å². The lowest BCUT2D eigenvalue weighted by molar-refractivity contribution is -0.0734. The molecule has 39 heavy (non-hydrogen) atoms. The molecule has 1 aliphatic heterocycles. The summed E-state index contributed by atoms with van der Waals surface area (Å²) in [7, 11) is 0. The van der Waals surface area contributed by atoms with E-state index in [0.29, 0.717) is 47.5 Å². The Kier molecular flexibility index (Phi) is 7.93. The van der Waals surface area contributed by atoms with Crippen LogP contribution in [0.2, 0.25) is 5.02 Å². The first-order valence-corrected chi connectivity index (χ1v) is 14.9. The summed E-state index contributed by atoms with van der Waals surface area (Å²) in [5.41, 5.74) is 1.72. The molecule has 4 saturated carbocycles. The van der Waals surface area contributed by atoms with Crippen molar-refractivity contribution in [2.24, 2.45) is 23.2 Å². The first kappa shape index (κ1) is 26.7. The van der Waals surface area contributed by atoms with Crippen LogP contribution < -0.4 is 16.0 Å². The van der Waals surface area contributed by atoms with Crippen molar-refractivity contribution in [3.8, 4) is 6.07 Å². The monoisotopic (exact) mass is 551 g/mol. The fourth-order valence-corrected chi connectivity index (χ4v) is 8.37. The van der Waals surface area contributed by atoms with Crippen LogP contribution in [-0.2, 0) is 6.54 Å². The number of nitrogens with zero attached hydrogens (tertiary/aromatic N) is 4. The summed E-state index contributed by atoms with van der Waals surface area (Å²) >= 11 is 6.30. The van der Waals surface area contributed by atoms with Crippen molar-refractivity contribution >= 4 is 23.4 Å². The van der Waals surface area contributed by atoms with Crippen molar-refractivity contribution in [3.05, 3.63) is 46.6 Å². The van der Waals surface area contributed by atoms with Crippen LogP contribution in [0, 0.1) is 34.5 Å². The van der Waals surface area contributed by atoms with Gasteiger partial charge in [0.05, 0.1) is 6.20 Å². The third-order valence-electron chi connectivity index (χ3n) is 9.75. The predicted octanol–water partition coefficient (Wildman–Crippen LogP) is 5.24. The summed E-state index contributed by atoms with van der Waals surface area (Å²) in [6.45, 7) is 3.72. The molecular weight excluding hydrogens is 513 g/mol. The average molecular weight is 552 g/mol. The predicted molar refractivity (Wildman–Crippen MR) is 152 cm³/mol. The molecule has 4 bridgehead atoms. The highest BCUT2D eigenvalue weighted by Crippen LogP contribution is 2.60. The Balaban J connectivity index is 1.08. The van der Waals surface area contributed by atoms with Gasteiger partial charge in [-0.3, -0.25) is 0 Å². The lowest BCUT2D eigenvalue weighted by atomic mass is 9.48. The van der Waals surface area contributed by atoms with Crippen LogP contribution in [0.3, 0.4) is 0 Å². The molecule has 5 aliphatic rings. The van der Waals surface area contributed by atoms with Gasteiger partial charge in [-0.2, -0.15) is 10.2 Å². The van der Waals surface area contributed by atoms with Gasteiger partial charge in [-0.1, -0.05) is 29.8 Å². The minimum atomic E-state index is -0.242. The van der Waals surface area contributed by atoms with Crippen LogP contribution in [-0.4, -0.2) is 59.8 Å². The number of likely N-dealkylation sites (tertiary alicyclic amines) is 1. The molecule has 1 aromatic carbocycles. The Hall–Kier alpha value is -2.47. The van der Waals surface area contributed by atoms with Gasteiger partial charge in [0.2, 0.25) is 5.95 Å². The second-order valence-corrected chi connectivity index (χ2v) is 12.7. The normalized spacial score (nSPS) is 30.3. The standard InChI is InChI=1S/C30H39ClFN7/c31-26-4-2-1-3-21(26)17-34-29-35-18-24(16-33)28(38-29)36-19-30-13-20-11-22(14-30)27(23(12-20)15-30)37-25-5-8-39(9-6-25)10-7-32/h1-4,18,20,22-23,25,27,37H,5-15,17,19H2,(H2,34,35,36,38)/t20?,22-,23+,27?,30?. The maximum absolute atomic E-state index is 12.7. The molecule has 0 spiro atoms. The number of hydrogen-bond acceptors (Lipinski definition) is 7. The van der Waals surface area contributed by atoms with Crippen LogP contribution in [0.25, 0.3) is 0 Å². The van der Waals surface area contributed by atoms with Gasteiger partial charge in [-0.15, -0.1) is 0 Å². The zero-order valence-corrected chi connectivity index (χ0v) is 23.3. The highest BCUT2D eigenvalue weighted by Gasteiger charge is 2.55. The van der Waals surface area contributed by atoms with Crippen LogP contribution in [0.4, 0.5) is 16.2 Å². The Morgan fingerprint density at radius 1 is 1.10 bits per heavy atom. The second kappa shape index (κ2) is 11.6. The highest BCUT2D eigenvalue weighted by atomic mass is 35.5. The average Bonchev–Trinajstić information content (AvgIpc) is 2.94. The largest absolute Gasteiger partial charge is 0.368 e. The molecule has 7 rings (SSSR count). The van der Waals surface area contributed by atoms with Gasteiger partial charge in [0.1, 0.15) is 24.1 Å². The fraction of sp³-hybridized carbons (Fsp3) is 0.633. The molecule has 3 N–H and O–H groups in total. The van der Waals surface area contributed by atoms with E-state index < -0.39 is 0 Å². The van der Waals surface area contributed by atoms with E-state index in [1.54, 1.807) is 6.20 Å². The van der Waals surface area contributed by atoms with Gasteiger partial charge in [-0.25, -0.2) is 9.37 Å².